The highest BCUT2D eigenvalue weighted by atomic mass is 35.5. The Kier molecular flexibility index (Phi) is 10.2. The second-order valence-corrected chi connectivity index (χ2v) is 13.5. The average Bonchev–Trinajstić information content (AvgIpc) is 2.95. The van der Waals surface area contributed by atoms with Gasteiger partial charge < -0.3 is 25.4 Å². The van der Waals surface area contributed by atoms with E-state index in [1.807, 2.05) is 6.92 Å². The molecule has 0 unspecified atom stereocenters. The first-order valence-electron chi connectivity index (χ1n) is 14.0. The summed E-state index contributed by atoms with van der Waals surface area (Å²) in [5.74, 6) is -0.501. The largest absolute Gasteiger partial charge is 0.486 e. The third-order valence-electron chi connectivity index (χ3n) is 7.84. The predicted octanol–water partition coefficient (Wildman–Crippen LogP) is 4.34. The summed E-state index contributed by atoms with van der Waals surface area (Å²) in [4.78, 5) is 28.3. The maximum absolute atomic E-state index is 13.7. The third kappa shape index (κ3) is 7.32. The zero-order chi connectivity index (χ0) is 29.7. The lowest BCUT2D eigenvalue weighted by Crippen LogP contribution is -2.50. The van der Waals surface area contributed by atoms with Crippen molar-refractivity contribution in [3.8, 4) is 5.75 Å². The summed E-state index contributed by atoms with van der Waals surface area (Å²) in [6.45, 7) is 3.59. The Labute approximate surface area is 247 Å². The van der Waals surface area contributed by atoms with Crippen LogP contribution in [0.5, 0.6) is 5.75 Å². The van der Waals surface area contributed by atoms with Crippen LogP contribution < -0.4 is 15.4 Å². The molecular weight excluding hydrogens is 568 g/mol. The number of ether oxygens (including phenoxy) is 1. The normalized spacial score (nSPS) is 20.9. The Balaban J connectivity index is 1.65. The van der Waals surface area contributed by atoms with Gasteiger partial charge in [0, 0.05) is 30.6 Å². The number of rotatable bonds is 8. The van der Waals surface area contributed by atoms with Crippen LogP contribution in [0.3, 0.4) is 0 Å². The number of urea groups is 1. The first kappa shape index (κ1) is 31.1. The van der Waals surface area contributed by atoms with Crippen LogP contribution in [-0.4, -0.2) is 79.6 Å². The number of anilines is 1. The fraction of sp³-hybridized carbons (Fsp3) is 0.517. The molecule has 0 saturated heterocycles. The summed E-state index contributed by atoms with van der Waals surface area (Å²) in [7, 11) is -2.40. The van der Waals surface area contributed by atoms with Gasteiger partial charge in [0.15, 0.2) is 5.75 Å². The van der Waals surface area contributed by atoms with E-state index in [-0.39, 0.29) is 53.8 Å². The maximum Gasteiger partial charge on any atom is 0.319 e. The molecule has 1 heterocycles. The van der Waals surface area contributed by atoms with Crippen LogP contribution in [0.15, 0.2) is 47.4 Å². The molecule has 4 rings (SSSR count). The molecule has 0 aromatic heterocycles. The number of aliphatic hydroxyl groups excluding tert-OH is 1. The second kappa shape index (κ2) is 13.4. The number of para-hydroxylation sites is 1. The summed E-state index contributed by atoms with van der Waals surface area (Å²) in [6.07, 6.45) is 4.43. The highest BCUT2D eigenvalue weighted by Gasteiger charge is 2.36. The van der Waals surface area contributed by atoms with Crippen molar-refractivity contribution in [2.24, 2.45) is 5.92 Å². The second-order valence-electron chi connectivity index (χ2n) is 11.0. The highest BCUT2D eigenvalue weighted by molar-refractivity contribution is 7.89. The van der Waals surface area contributed by atoms with Gasteiger partial charge in [0.1, 0.15) is 6.10 Å². The Bertz CT molecular complexity index is 1330. The molecule has 2 aliphatic rings. The number of nitrogens with one attached hydrogen (secondary N) is 2. The van der Waals surface area contributed by atoms with Crippen molar-refractivity contribution in [1.29, 1.82) is 0 Å². The number of fused-ring (bicyclic) bond motifs is 1. The quantitative estimate of drug-likeness (QED) is 0.410. The van der Waals surface area contributed by atoms with E-state index in [9.17, 15) is 23.1 Å². The molecule has 3 atom stereocenters. The van der Waals surface area contributed by atoms with Crippen molar-refractivity contribution in [3.63, 3.8) is 0 Å². The van der Waals surface area contributed by atoms with E-state index in [1.54, 1.807) is 30.0 Å². The van der Waals surface area contributed by atoms with Crippen LogP contribution in [0.25, 0.3) is 0 Å². The van der Waals surface area contributed by atoms with E-state index in [4.69, 9.17) is 16.3 Å². The molecule has 0 spiro atoms. The van der Waals surface area contributed by atoms with Crippen LogP contribution >= 0.6 is 11.6 Å². The van der Waals surface area contributed by atoms with Gasteiger partial charge in [-0.3, -0.25) is 4.79 Å². The summed E-state index contributed by atoms with van der Waals surface area (Å²) < 4.78 is 34.4. The molecule has 41 heavy (non-hydrogen) atoms. The fourth-order valence-corrected chi connectivity index (χ4v) is 6.60. The number of sulfonamides is 1. The molecule has 224 valence electrons. The molecule has 3 amide bonds. The highest BCUT2D eigenvalue weighted by Crippen LogP contribution is 2.35. The van der Waals surface area contributed by atoms with E-state index in [1.165, 1.54) is 35.6 Å². The van der Waals surface area contributed by atoms with Crippen molar-refractivity contribution in [3.05, 3.63) is 53.1 Å². The van der Waals surface area contributed by atoms with Crippen molar-refractivity contribution in [1.82, 2.24) is 14.5 Å². The van der Waals surface area contributed by atoms with Gasteiger partial charge in [-0.2, -0.15) is 4.31 Å². The lowest BCUT2D eigenvalue weighted by atomic mass is 9.96. The zero-order valence-electron chi connectivity index (χ0n) is 23.7. The number of hydrogen-bond acceptors (Lipinski definition) is 6. The van der Waals surface area contributed by atoms with Crippen molar-refractivity contribution >= 4 is 39.2 Å². The Hall–Kier alpha value is -2.86. The number of benzene rings is 2. The maximum atomic E-state index is 13.7. The summed E-state index contributed by atoms with van der Waals surface area (Å²) in [5.41, 5.74) is 0.531. The van der Waals surface area contributed by atoms with Crippen molar-refractivity contribution in [2.45, 2.75) is 69.0 Å². The number of halogens is 1. The average molecular weight is 607 g/mol. The van der Waals surface area contributed by atoms with Crippen LogP contribution in [0.1, 0.15) is 56.3 Å². The standard InChI is InChI=1S/C29H39ClN4O6S/c1-19-16-34(20(2)18-35)28(36)24-10-7-11-25(32-29(37)31-22-8-5-4-6-9-22)27(24)40-26(19)17-33(3)41(38,39)23-14-12-21(30)13-15-23/h7,10-15,19-20,22,26,35H,4-6,8-9,16-18H2,1-3H3,(H2,31,32,37)/t19-,20+,26-/m1/s1. The Morgan fingerprint density at radius 3 is 2.51 bits per heavy atom. The third-order valence-corrected chi connectivity index (χ3v) is 9.93. The van der Waals surface area contributed by atoms with Gasteiger partial charge in [-0.05, 0) is 56.2 Å². The van der Waals surface area contributed by atoms with Gasteiger partial charge in [-0.15, -0.1) is 0 Å². The molecule has 1 aliphatic heterocycles. The molecule has 0 radical (unpaired) electrons. The number of amides is 3. The van der Waals surface area contributed by atoms with E-state index in [2.05, 4.69) is 10.6 Å². The van der Waals surface area contributed by atoms with Crippen LogP contribution in [-0.2, 0) is 10.0 Å². The summed E-state index contributed by atoms with van der Waals surface area (Å²) in [6, 6.07) is 10.1. The number of likely N-dealkylation sites (N-methyl/N-ethyl adjacent to an activating group) is 1. The molecule has 0 bridgehead atoms. The number of aliphatic hydroxyl groups is 1. The lowest BCUT2D eigenvalue weighted by Gasteiger charge is -2.38. The topological polar surface area (TPSA) is 128 Å². The minimum Gasteiger partial charge on any atom is -0.486 e. The van der Waals surface area contributed by atoms with Gasteiger partial charge >= 0.3 is 6.03 Å². The molecule has 1 fully saturated rings. The Morgan fingerprint density at radius 2 is 1.85 bits per heavy atom. The molecule has 1 saturated carbocycles. The minimum atomic E-state index is -3.87. The molecule has 3 N–H and O–H groups in total. The summed E-state index contributed by atoms with van der Waals surface area (Å²) >= 11 is 5.95. The number of hydrogen-bond donors (Lipinski definition) is 3. The van der Waals surface area contributed by atoms with Gasteiger partial charge in [0.05, 0.1) is 35.3 Å². The van der Waals surface area contributed by atoms with Crippen LogP contribution in [0.4, 0.5) is 10.5 Å². The van der Waals surface area contributed by atoms with Crippen molar-refractivity contribution in [2.75, 3.05) is 32.1 Å². The van der Waals surface area contributed by atoms with E-state index < -0.39 is 28.2 Å². The van der Waals surface area contributed by atoms with Gasteiger partial charge in [0.2, 0.25) is 10.0 Å². The SMILES string of the molecule is C[C@@H]1CN([C@@H](C)CO)C(=O)c2cccc(NC(=O)NC3CCCCC3)c2O[C@@H]1CN(C)S(=O)(=O)c1ccc(Cl)cc1. The van der Waals surface area contributed by atoms with Crippen molar-refractivity contribution < 1.29 is 27.9 Å². The van der Waals surface area contributed by atoms with Gasteiger partial charge in [0.25, 0.3) is 5.91 Å². The molecule has 12 heteroatoms. The molecule has 2 aromatic carbocycles. The van der Waals surface area contributed by atoms with Crippen LogP contribution in [0.2, 0.25) is 5.02 Å². The van der Waals surface area contributed by atoms with Gasteiger partial charge in [-0.1, -0.05) is 43.9 Å². The van der Waals surface area contributed by atoms with E-state index >= 15 is 0 Å². The molecule has 1 aliphatic carbocycles. The van der Waals surface area contributed by atoms with E-state index in [0.29, 0.717) is 10.7 Å². The smallest absolute Gasteiger partial charge is 0.319 e. The fourth-order valence-electron chi connectivity index (χ4n) is 5.29. The summed E-state index contributed by atoms with van der Waals surface area (Å²) in [5, 5.41) is 16.2. The Morgan fingerprint density at radius 1 is 1.17 bits per heavy atom. The number of nitrogens with zero attached hydrogens (tertiary/aromatic N) is 2. The van der Waals surface area contributed by atoms with Crippen LogP contribution in [0, 0.1) is 5.92 Å². The minimum absolute atomic E-state index is 0.0241. The number of carbonyl (C=O) groups excluding carboxylic acids is 2. The molecular formula is C29H39ClN4O6S. The molecule has 10 nitrogen and oxygen atoms in total. The number of carbonyl (C=O) groups is 2. The van der Waals surface area contributed by atoms with Gasteiger partial charge in [-0.25, -0.2) is 13.2 Å². The first-order chi connectivity index (χ1) is 19.5. The lowest BCUT2D eigenvalue weighted by molar-refractivity contribution is 0.0389. The molecule has 2 aromatic rings. The monoisotopic (exact) mass is 606 g/mol. The first-order valence-corrected chi connectivity index (χ1v) is 15.8. The van der Waals surface area contributed by atoms with E-state index in [0.717, 1.165) is 32.1 Å². The predicted molar refractivity (Wildman–Crippen MR) is 158 cm³/mol. The zero-order valence-corrected chi connectivity index (χ0v) is 25.2.